The van der Waals surface area contributed by atoms with E-state index in [9.17, 15) is 4.79 Å². The van der Waals surface area contributed by atoms with Crippen molar-refractivity contribution in [2.24, 2.45) is 24.8 Å². The number of hydrogen-bond acceptors (Lipinski definition) is 2. The third-order valence-electron chi connectivity index (χ3n) is 6.33. The largest absolute Gasteiger partial charge is 0.335 e. The SMILES string of the molecule is Cn1ncc(C2CCC2)c1CN(CC(C1CC1)C1CC1)C(=O)CCl. The number of aromatic nitrogens is 2. The normalized spacial score (nSPS) is 21.1. The third-order valence-corrected chi connectivity index (χ3v) is 6.56. The molecule has 0 bridgehead atoms. The first-order valence-corrected chi connectivity index (χ1v) is 10.0. The van der Waals surface area contributed by atoms with E-state index in [0.29, 0.717) is 18.4 Å². The van der Waals surface area contributed by atoms with Crippen LogP contribution < -0.4 is 0 Å². The summed E-state index contributed by atoms with van der Waals surface area (Å²) >= 11 is 5.93. The van der Waals surface area contributed by atoms with E-state index < -0.39 is 0 Å². The number of amides is 1. The number of carbonyl (C=O) groups is 1. The van der Waals surface area contributed by atoms with Gasteiger partial charge in [0.1, 0.15) is 5.88 Å². The number of nitrogens with zero attached hydrogens (tertiary/aromatic N) is 3. The number of alkyl halides is 1. The molecule has 0 aliphatic heterocycles. The highest BCUT2D eigenvalue weighted by Gasteiger charge is 2.42. The Morgan fingerprint density at radius 1 is 1.29 bits per heavy atom. The molecule has 4 rings (SSSR count). The first-order chi connectivity index (χ1) is 11.7. The molecule has 3 aliphatic rings. The molecule has 24 heavy (non-hydrogen) atoms. The standard InChI is InChI=1S/C19H28ClN3O/c1-22-18(16(10-21-22)13-3-2-4-13)12-23(19(24)9-20)11-17(14-5-6-14)15-7-8-15/h10,13-15,17H,2-9,11-12H2,1H3. The van der Waals surface area contributed by atoms with E-state index >= 15 is 0 Å². The Balaban J connectivity index is 1.51. The van der Waals surface area contributed by atoms with E-state index in [1.807, 2.05) is 22.8 Å². The highest BCUT2D eigenvalue weighted by atomic mass is 35.5. The first kappa shape index (κ1) is 16.4. The summed E-state index contributed by atoms with van der Waals surface area (Å²) in [6, 6.07) is 0. The Labute approximate surface area is 149 Å². The Hall–Kier alpha value is -1.03. The molecule has 1 heterocycles. The molecular formula is C19H28ClN3O. The van der Waals surface area contributed by atoms with Gasteiger partial charge in [0.2, 0.25) is 5.91 Å². The van der Waals surface area contributed by atoms with Crippen molar-refractivity contribution in [3.05, 3.63) is 17.5 Å². The Kier molecular flexibility index (Phi) is 4.59. The van der Waals surface area contributed by atoms with E-state index in [-0.39, 0.29) is 11.8 Å². The average molecular weight is 350 g/mol. The Bertz CT molecular complexity index is 590. The lowest BCUT2D eigenvalue weighted by atomic mass is 9.80. The average Bonchev–Trinajstić information content (AvgIpc) is 3.43. The van der Waals surface area contributed by atoms with Gasteiger partial charge in [0.15, 0.2) is 0 Å². The van der Waals surface area contributed by atoms with E-state index in [1.54, 1.807) is 0 Å². The molecular weight excluding hydrogens is 322 g/mol. The van der Waals surface area contributed by atoms with Gasteiger partial charge in [-0.3, -0.25) is 9.48 Å². The molecule has 0 N–H and O–H groups in total. The van der Waals surface area contributed by atoms with Crippen LogP contribution in [0.25, 0.3) is 0 Å². The van der Waals surface area contributed by atoms with Crippen LogP contribution in [0.1, 0.15) is 62.1 Å². The second kappa shape index (κ2) is 6.70. The molecule has 4 nitrogen and oxygen atoms in total. The van der Waals surface area contributed by atoms with Gasteiger partial charge in [-0.2, -0.15) is 5.10 Å². The number of carbonyl (C=O) groups excluding carboxylic acids is 1. The second-order valence-corrected chi connectivity index (χ2v) is 8.31. The molecule has 0 radical (unpaired) electrons. The van der Waals surface area contributed by atoms with Crippen LogP contribution in [0, 0.1) is 17.8 Å². The monoisotopic (exact) mass is 349 g/mol. The van der Waals surface area contributed by atoms with Crippen LogP contribution in [0.5, 0.6) is 0 Å². The maximum Gasteiger partial charge on any atom is 0.237 e. The van der Waals surface area contributed by atoms with Gasteiger partial charge in [-0.15, -0.1) is 11.6 Å². The van der Waals surface area contributed by atoms with Crippen LogP contribution in [0.15, 0.2) is 6.20 Å². The predicted molar refractivity (Wildman–Crippen MR) is 94.9 cm³/mol. The molecule has 5 heteroatoms. The summed E-state index contributed by atoms with van der Waals surface area (Å²) in [5, 5.41) is 4.48. The first-order valence-electron chi connectivity index (χ1n) is 9.52. The third kappa shape index (κ3) is 3.35. The predicted octanol–water partition coefficient (Wildman–Crippen LogP) is 3.69. The van der Waals surface area contributed by atoms with E-state index in [1.165, 1.54) is 56.2 Å². The maximum absolute atomic E-state index is 12.5. The molecule has 1 aromatic heterocycles. The van der Waals surface area contributed by atoms with Crippen molar-refractivity contribution in [3.8, 4) is 0 Å². The van der Waals surface area contributed by atoms with Crippen molar-refractivity contribution >= 4 is 17.5 Å². The summed E-state index contributed by atoms with van der Waals surface area (Å²) in [4.78, 5) is 14.5. The Morgan fingerprint density at radius 2 is 1.96 bits per heavy atom. The van der Waals surface area contributed by atoms with Crippen molar-refractivity contribution in [2.45, 2.75) is 57.4 Å². The molecule has 1 amide bonds. The van der Waals surface area contributed by atoms with Gasteiger partial charge >= 0.3 is 0 Å². The number of halogens is 1. The highest BCUT2D eigenvalue weighted by molar-refractivity contribution is 6.27. The molecule has 1 aromatic rings. The Morgan fingerprint density at radius 3 is 2.46 bits per heavy atom. The highest BCUT2D eigenvalue weighted by Crippen LogP contribution is 2.49. The summed E-state index contributed by atoms with van der Waals surface area (Å²) in [6.07, 6.45) is 11.2. The summed E-state index contributed by atoms with van der Waals surface area (Å²) < 4.78 is 1.96. The number of aryl methyl sites for hydroxylation is 1. The molecule has 0 unspecified atom stereocenters. The molecule has 0 saturated heterocycles. The number of rotatable bonds is 8. The molecule has 3 fully saturated rings. The van der Waals surface area contributed by atoms with Crippen molar-refractivity contribution in [3.63, 3.8) is 0 Å². The zero-order valence-electron chi connectivity index (χ0n) is 14.6. The lowest BCUT2D eigenvalue weighted by Gasteiger charge is -2.30. The fourth-order valence-electron chi connectivity index (χ4n) is 4.24. The quantitative estimate of drug-likeness (QED) is 0.671. The van der Waals surface area contributed by atoms with Crippen molar-refractivity contribution < 1.29 is 4.79 Å². The fourth-order valence-corrected chi connectivity index (χ4v) is 4.41. The molecule has 0 aromatic carbocycles. The number of hydrogen-bond donors (Lipinski definition) is 0. The van der Waals surface area contributed by atoms with Crippen LogP contribution in [-0.4, -0.2) is 33.0 Å². The van der Waals surface area contributed by atoms with E-state index in [0.717, 1.165) is 18.4 Å². The van der Waals surface area contributed by atoms with Gasteiger partial charge in [-0.05, 0) is 67.8 Å². The lowest BCUT2D eigenvalue weighted by Crippen LogP contribution is -2.38. The fraction of sp³-hybridized carbons (Fsp3) is 0.789. The van der Waals surface area contributed by atoms with Gasteiger partial charge in [0.25, 0.3) is 0 Å². The van der Waals surface area contributed by atoms with Crippen molar-refractivity contribution in [1.82, 2.24) is 14.7 Å². The molecule has 0 atom stereocenters. The molecule has 0 spiro atoms. The zero-order chi connectivity index (χ0) is 16.7. The minimum absolute atomic E-state index is 0.0729. The summed E-state index contributed by atoms with van der Waals surface area (Å²) in [5.41, 5.74) is 2.56. The van der Waals surface area contributed by atoms with Gasteiger partial charge in [0, 0.05) is 13.6 Å². The minimum Gasteiger partial charge on any atom is -0.335 e. The van der Waals surface area contributed by atoms with Crippen LogP contribution in [0.4, 0.5) is 0 Å². The van der Waals surface area contributed by atoms with Gasteiger partial charge < -0.3 is 4.90 Å². The van der Waals surface area contributed by atoms with Gasteiger partial charge in [0.05, 0.1) is 18.4 Å². The topological polar surface area (TPSA) is 38.1 Å². The van der Waals surface area contributed by atoms with Crippen molar-refractivity contribution in [2.75, 3.05) is 12.4 Å². The van der Waals surface area contributed by atoms with Gasteiger partial charge in [-0.1, -0.05) is 6.42 Å². The van der Waals surface area contributed by atoms with Crippen LogP contribution >= 0.6 is 11.6 Å². The van der Waals surface area contributed by atoms with Crippen molar-refractivity contribution in [1.29, 1.82) is 0 Å². The van der Waals surface area contributed by atoms with Crippen LogP contribution in [-0.2, 0) is 18.4 Å². The zero-order valence-corrected chi connectivity index (χ0v) is 15.3. The molecule has 3 saturated carbocycles. The van der Waals surface area contributed by atoms with Crippen LogP contribution in [0.3, 0.4) is 0 Å². The smallest absolute Gasteiger partial charge is 0.237 e. The lowest BCUT2D eigenvalue weighted by molar-refractivity contribution is -0.130. The van der Waals surface area contributed by atoms with E-state index in [2.05, 4.69) is 5.10 Å². The molecule has 3 aliphatic carbocycles. The second-order valence-electron chi connectivity index (χ2n) is 8.04. The minimum atomic E-state index is 0.0729. The summed E-state index contributed by atoms with van der Waals surface area (Å²) in [6.45, 7) is 1.56. The maximum atomic E-state index is 12.5. The van der Waals surface area contributed by atoms with Crippen LogP contribution in [0.2, 0.25) is 0 Å². The van der Waals surface area contributed by atoms with Gasteiger partial charge in [-0.25, -0.2) is 0 Å². The molecule has 132 valence electrons. The summed E-state index contributed by atoms with van der Waals surface area (Å²) in [7, 11) is 2.00. The summed E-state index contributed by atoms with van der Waals surface area (Å²) in [5.74, 6) is 3.19. The van der Waals surface area contributed by atoms with E-state index in [4.69, 9.17) is 11.6 Å².